The Balaban J connectivity index is 3.40. The third kappa shape index (κ3) is 1.71. The lowest BCUT2D eigenvalue weighted by Gasteiger charge is -2.01. The van der Waals surface area contributed by atoms with Gasteiger partial charge in [-0.15, -0.1) is 0 Å². The Morgan fingerprint density at radius 3 is 2.31 bits per heavy atom. The first-order valence-corrected chi connectivity index (χ1v) is 3.54. The maximum atomic E-state index is 12.9. The molecule has 0 saturated heterocycles. The molecule has 1 aromatic heterocycles. The summed E-state index contributed by atoms with van der Waals surface area (Å²) in [5.74, 6) is -4.04. The Hall–Kier alpha value is -1.32. The van der Waals surface area contributed by atoms with Gasteiger partial charge in [-0.2, -0.15) is 0 Å². The van der Waals surface area contributed by atoms with E-state index in [4.69, 9.17) is 0 Å². The highest BCUT2D eigenvalue weighted by Gasteiger charge is 2.15. The van der Waals surface area contributed by atoms with E-state index in [0.29, 0.717) is 0 Å². The first-order chi connectivity index (χ1) is 6.07. The first kappa shape index (κ1) is 9.77. The second kappa shape index (κ2) is 3.60. The molecule has 0 bridgehead atoms. The molecule has 0 atom stereocenters. The summed E-state index contributed by atoms with van der Waals surface area (Å²) in [6, 6.07) is 0. The summed E-state index contributed by atoms with van der Waals surface area (Å²) in [4.78, 5) is 3.51. The molecule has 0 aliphatic carbocycles. The Morgan fingerprint density at radius 1 is 1.15 bits per heavy atom. The van der Waals surface area contributed by atoms with Gasteiger partial charge >= 0.3 is 0 Å². The van der Waals surface area contributed by atoms with Crippen molar-refractivity contribution >= 4 is 6.08 Å². The van der Waals surface area contributed by atoms with Crippen molar-refractivity contribution in [3.8, 4) is 0 Å². The van der Waals surface area contributed by atoms with E-state index in [-0.39, 0.29) is 11.4 Å². The smallest absolute Gasteiger partial charge is 0.198 e. The van der Waals surface area contributed by atoms with E-state index in [1.165, 1.54) is 19.1 Å². The van der Waals surface area contributed by atoms with Crippen LogP contribution in [0.2, 0.25) is 0 Å². The lowest BCUT2D eigenvalue weighted by atomic mass is 10.2. The topological polar surface area (TPSA) is 12.9 Å². The number of pyridine rings is 1. The molecule has 0 amide bonds. The van der Waals surface area contributed by atoms with Gasteiger partial charge in [0.05, 0.1) is 5.69 Å². The average Bonchev–Trinajstić information content (AvgIpc) is 2.11. The third-order valence-electron chi connectivity index (χ3n) is 1.49. The number of aromatic nitrogens is 1. The average molecular weight is 186 g/mol. The van der Waals surface area contributed by atoms with Crippen molar-refractivity contribution in [2.75, 3.05) is 0 Å². The van der Waals surface area contributed by atoms with Crippen molar-refractivity contribution in [2.24, 2.45) is 0 Å². The first-order valence-electron chi connectivity index (χ1n) is 3.54. The van der Waals surface area contributed by atoms with Crippen LogP contribution in [0.5, 0.6) is 0 Å². The maximum absolute atomic E-state index is 12.9. The predicted octanol–water partition coefficient (Wildman–Crippen LogP) is 2.65. The molecule has 1 heterocycles. The third-order valence-corrected chi connectivity index (χ3v) is 1.49. The molecule has 0 unspecified atom stereocenters. The van der Waals surface area contributed by atoms with Crippen LogP contribution in [0.15, 0.2) is 6.08 Å². The molecular weight excluding hydrogens is 179 g/mol. The van der Waals surface area contributed by atoms with Crippen molar-refractivity contribution in [3.05, 3.63) is 41.8 Å². The zero-order valence-corrected chi connectivity index (χ0v) is 6.94. The molecule has 0 aliphatic heterocycles. The lowest BCUT2D eigenvalue weighted by Crippen LogP contribution is -2.01. The van der Waals surface area contributed by atoms with Crippen LogP contribution in [0.25, 0.3) is 6.08 Å². The summed E-state index contributed by atoms with van der Waals surface area (Å²) in [5, 5.41) is 0. The molecule has 69 valence electrons. The Bertz CT molecular complexity index is 358. The number of halogens is 3. The van der Waals surface area contributed by atoms with Crippen molar-refractivity contribution in [1.82, 2.24) is 4.98 Å². The summed E-state index contributed by atoms with van der Waals surface area (Å²) in [6.07, 6.45) is 2.42. The number of aryl methyl sites for hydroxylation is 1. The molecule has 1 aromatic rings. The van der Waals surface area contributed by atoms with Crippen LogP contribution >= 0.6 is 0 Å². The monoisotopic (exact) mass is 186 g/mol. The fourth-order valence-corrected chi connectivity index (χ4v) is 0.869. The van der Waals surface area contributed by atoms with E-state index < -0.39 is 17.5 Å². The van der Waals surface area contributed by atoms with E-state index in [1.54, 1.807) is 0 Å². The molecule has 4 heteroatoms. The molecular formula is C9H7F3N. The summed E-state index contributed by atoms with van der Waals surface area (Å²) >= 11 is 0. The van der Waals surface area contributed by atoms with Crippen LogP contribution in [0, 0.1) is 31.3 Å². The van der Waals surface area contributed by atoms with Crippen LogP contribution < -0.4 is 0 Å². The Labute approximate surface area is 73.9 Å². The minimum absolute atomic E-state index is 0.174. The fraction of sp³-hybridized carbons (Fsp3) is 0.111. The van der Waals surface area contributed by atoms with Crippen molar-refractivity contribution in [1.29, 1.82) is 0 Å². The van der Waals surface area contributed by atoms with Gasteiger partial charge in [-0.1, -0.05) is 6.08 Å². The SMILES string of the molecule is [CH2]/C=C/c1nc(C)c(F)c(F)c1F. The zero-order chi connectivity index (χ0) is 10.0. The Kier molecular flexibility index (Phi) is 2.70. The van der Waals surface area contributed by atoms with E-state index in [1.807, 2.05) is 0 Å². The maximum Gasteiger partial charge on any atom is 0.198 e. The van der Waals surface area contributed by atoms with Gasteiger partial charge in [-0.05, 0) is 19.9 Å². The number of hydrogen-bond acceptors (Lipinski definition) is 1. The van der Waals surface area contributed by atoms with Gasteiger partial charge in [0.2, 0.25) is 0 Å². The second-order valence-electron chi connectivity index (χ2n) is 2.43. The highest BCUT2D eigenvalue weighted by Crippen LogP contribution is 2.16. The molecule has 0 fully saturated rings. The van der Waals surface area contributed by atoms with E-state index in [9.17, 15) is 13.2 Å². The predicted molar refractivity (Wildman–Crippen MR) is 43.2 cm³/mol. The van der Waals surface area contributed by atoms with Crippen LogP contribution in [-0.4, -0.2) is 4.98 Å². The largest absolute Gasteiger partial charge is 0.247 e. The van der Waals surface area contributed by atoms with Crippen molar-refractivity contribution in [2.45, 2.75) is 6.92 Å². The minimum Gasteiger partial charge on any atom is -0.247 e. The summed E-state index contributed by atoms with van der Waals surface area (Å²) < 4.78 is 38.3. The number of rotatable bonds is 1. The van der Waals surface area contributed by atoms with Crippen LogP contribution in [0.4, 0.5) is 13.2 Å². The molecule has 1 radical (unpaired) electrons. The zero-order valence-electron chi connectivity index (χ0n) is 6.94. The van der Waals surface area contributed by atoms with E-state index in [0.717, 1.165) is 0 Å². The van der Waals surface area contributed by atoms with Gasteiger partial charge < -0.3 is 0 Å². The number of hydrogen-bond donors (Lipinski definition) is 0. The summed E-state index contributed by atoms with van der Waals surface area (Å²) in [5.41, 5.74) is -0.418. The van der Waals surface area contributed by atoms with Gasteiger partial charge in [-0.3, -0.25) is 0 Å². The Morgan fingerprint density at radius 2 is 1.77 bits per heavy atom. The number of nitrogens with zero attached hydrogens (tertiary/aromatic N) is 1. The van der Waals surface area contributed by atoms with Crippen molar-refractivity contribution in [3.63, 3.8) is 0 Å². The van der Waals surface area contributed by atoms with Crippen LogP contribution in [-0.2, 0) is 0 Å². The van der Waals surface area contributed by atoms with E-state index >= 15 is 0 Å². The molecule has 1 rings (SSSR count). The number of allylic oxidation sites excluding steroid dienone is 1. The molecule has 0 N–H and O–H groups in total. The van der Waals surface area contributed by atoms with Gasteiger partial charge in [0, 0.05) is 0 Å². The van der Waals surface area contributed by atoms with Crippen molar-refractivity contribution < 1.29 is 13.2 Å². The minimum atomic E-state index is -1.50. The van der Waals surface area contributed by atoms with Gasteiger partial charge in [0.15, 0.2) is 17.5 Å². The molecule has 0 saturated carbocycles. The van der Waals surface area contributed by atoms with E-state index in [2.05, 4.69) is 11.9 Å². The molecule has 13 heavy (non-hydrogen) atoms. The molecule has 0 aliphatic rings. The lowest BCUT2D eigenvalue weighted by molar-refractivity contribution is 0.434. The van der Waals surface area contributed by atoms with Crippen LogP contribution in [0.3, 0.4) is 0 Å². The van der Waals surface area contributed by atoms with Gasteiger partial charge in [-0.25, -0.2) is 18.2 Å². The second-order valence-corrected chi connectivity index (χ2v) is 2.43. The highest BCUT2D eigenvalue weighted by molar-refractivity contribution is 5.46. The summed E-state index contributed by atoms with van der Waals surface area (Å²) in [6.45, 7) is 4.56. The highest BCUT2D eigenvalue weighted by atomic mass is 19.2. The molecule has 0 spiro atoms. The van der Waals surface area contributed by atoms with Gasteiger partial charge in [0.1, 0.15) is 5.69 Å². The van der Waals surface area contributed by atoms with Crippen LogP contribution in [0.1, 0.15) is 11.4 Å². The summed E-state index contributed by atoms with van der Waals surface area (Å²) in [7, 11) is 0. The normalized spacial score (nSPS) is 11.2. The fourth-order valence-electron chi connectivity index (χ4n) is 0.869. The quantitative estimate of drug-likeness (QED) is 0.657. The van der Waals surface area contributed by atoms with Gasteiger partial charge in [0.25, 0.3) is 0 Å². The standard InChI is InChI=1S/C9H7F3N/c1-3-4-6-8(11)9(12)7(10)5(2)13-6/h3-4H,1H2,2H3/b4-3+. The molecule has 1 nitrogen and oxygen atoms in total. The molecule has 0 aromatic carbocycles.